The van der Waals surface area contributed by atoms with Crippen LogP contribution in [0.4, 0.5) is 0 Å². The molecule has 0 amide bonds. The van der Waals surface area contributed by atoms with Crippen LogP contribution in [0.3, 0.4) is 0 Å². The second kappa shape index (κ2) is 5.98. The predicted octanol–water partition coefficient (Wildman–Crippen LogP) is 0.782. The normalized spacial score (nSPS) is 47.6. The Bertz CT molecular complexity index is 391. The van der Waals surface area contributed by atoms with Crippen molar-refractivity contribution in [3.05, 3.63) is 0 Å². The fourth-order valence-corrected chi connectivity index (χ4v) is 3.89. The molecule has 2 saturated heterocycles. The van der Waals surface area contributed by atoms with Gasteiger partial charge in [0.2, 0.25) is 11.6 Å². The van der Waals surface area contributed by atoms with Crippen molar-refractivity contribution >= 4 is 0 Å². The highest BCUT2D eigenvalue weighted by molar-refractivity contribution is 5.03. The van der Waals surface area contributed by atoms with E-state index in [4.69, 9.17) is 28.4 Å². The summed E-state index contributed by atoms with van der Waals surface area (Å²) < 4.78 is 34.8. The van der Waals surface area contributed by atoms with Crippen molar-refractivity contribution in [1.29, 1.82) is 0 Å². The van der Waals surface area contributed by atoms with Crippen LogP contribution >= 0.6 is 0 Å². The summed E-state index contributed by atoms with van der Waals surface area (Å²) in [5, 5.41) is 10.4. The van der Waals surface area contributed by atoms with Crippen molar-refractivity contribution < 1.29 is 33.5 Å². The van der Waals surface area contributed by atoms with Crippen LogP contribution < -0.4 is 0 Å². The third-order valence-corrected chi connectivity index (χ3v) is 5.15. The van der Waals surface area contributed by atoms with Crippen LogP contribution in [0, 0.1) is 0 Å². The smallest absolute Gasteiger partial charge is 0.224 e. The van der Waals surface area contributed by atoms with Crippen LogP contribution in [0.2, 0.25) is 0 Å². The average Bonchev–Trinajstić information content (AvgIpc) is 2.92. The summed E-state index contributed by atoms with van der Waals surface area (Å²) in [4.78, 5) is 0. The molecule has 128 valence electrons. The number of fused-ring (bicyclic) bond motifs is 1. The van der Waals surface area contributed by atoms with Crippen LogP contribution in [-0.2, 0) is 28.4 Å². The Labute approximate surface area is 130 Å². The van der Waals surface area contributed by atoms with Gasteiger partial charge in [0.1, 0.15) is 18.3 Å². The highest BCUT2D eigenvalue weighted by Gasteiger charge is 2.67. The quantitative estimate of drug-likeness (QED) is 0.771. The number of hydrogen-bond acceptors (Lipinski definition) is 7. The highest BCUT2D eigenvalue weighted by atomic mass is 16.8. The van der Waals surface area contributed by atoms with Crippen molar-refractivity contribution in [2.75, 3.05) is 21.3 Å². The Balaban J connectivity index is 1.93. The summed E-state index contributed by atoms with van der Waals surface area (Å²) in [5.74, 6) is -2.03. The lowest BCUT2D eigenvalue weighted by Gasteiger charge is -2.47. The van der Waals surface area contributed by atoms with Gasteiger partial charge >= 0.3 is 0 Å². The molecule has 3 rings (SSSR count). The first-order chi connectivity index (χ1) is 10.5. The van der Waals surface area contributed by atoms with Gasteiger partial charge in [-0.1, -0.05) is 0 Å². The molecule has 0 aromatic carbocycles. The summed E-state index contributed by atoms with van der Waals surface area (Å²) in [6, 6.07) is 0. The Kier molecular flexibility index (Phi) is 4.50. The number of rotatable bonds is 3. The number of hydrogen-bond donors (Lipinski definition) is 1. The monoisotopic (exact) mass is 318 g/mol. The molecule has 6 atom stereocenters. The van der Waals surface area contributed by atoms with E-state index in [1.807, 2.05) is 0 Å². The van der Waals surface area contributed by atoms with Gasteiger partial charge in [-0.3, -0.25) is 0 Å². The molecular weight excluding hydrogens is 292 g/mol. The van der Waals surface area contributed by atoms with E-state index in [2.05, 4.69) is 0 Å². The molecule has 1 spiro atoms. The molecule has 1 saturated carbocycles. The lowest BCUT2D eigenvalue weighted by atomic mass is 9.87. The van der Waals surface area contributed by atoms with E-state index >= 15 is 0 Å². The standard InChI is InChI=1S/C15H26O7/c1-9-10(16)11-12(13(17-2)20-9)22-15(21-11)8-6-5-7-14(15,18-3)19-4/h9-13,16H,5-8H2,1-4H3/t9-,10-,11+,12+,13+,15?/m0/s1. The van der Waals surface area contributed by atoms with Gasteiger partial charge < -0.3 is 33.5 Å². The fraction of sp³-hybridized carbons (Fsp3) is 1.00. The first-order valence-electron chi connectivity index (χ1n) is 7.85. The lowest BCUT2D eigenvalue weighted by molar-refractivity contribution is -0.390. The zero-order valence-corrected chi connectivity index (χ0v) is 13.6. The number of ether oxygens (including phenoxy) is 6. The Morgan fingerprint density at radius 3 is 2.27 bits per heavy atom. The van der Waals surface area contributed by atoms with Crippen molar-refractivity contribution in [3.8, 4) is 0 Å². The molecule has 22 heavy (non-hydrogen) atoms. The topological polar surface area (TPSA) is 75.6 Å². The average molecular weight is 318 g/mol. The zero-order chi connectivity index (χ0) is 16.0. The molecule has 3 aliphatic rings. The fourth-order valence-electron chi connectivity index (χ4n) is 3.89. The number of aliphatic hydroxyl groups excluding tert-OH is 1. The molecule has 7 nitrogen and oxygen atoms in total. The molecule has 0 aromatic heterocycles. The number of methoxy groups -OCH3 is 3. The molecule has 0 radical (unpaired) electrons. The Hall–Kier alpha value is -0.280. The molecular formula is C15H26O7. The Morgan fingerprint density at radius 1 is 1.00 bits per heavy atom. The molecule has 0 aromatic rings. The van der Waals surface area contributed by atoms with E-state index in [0.717, 1.165) is 12.8 Å². The molecule has 1 N–H and O–H groups in total. The summed E-state index contributed by atoms with van der Waals surface area (Å²) >= 11 is 0. The third kappa shape index (κ3) is 2.23. The minimum absolute atomic E-state index is 0.395. The summed E-state index contributed by atoms with van der Waals surface area (Å²) in [5.41, 5.74) is 0. The van der Waals surface area contributed by atoms with Gasteiger partial charge in [-0.05, 0) is 19.8 Å². The predicted molar refractivity (Wildman–Crippen MR) is 75.0 cm³/mol. The van der Waals surface area contributed by atoms with Crippen LogP contribution in [0.1, 0.15) is 32.6 Å². The van der Waals surface area contributed by atoms with E-state index in [0.29, 0.717) is 12.8 Å². The summed E-state index contributed by atoms with van der Waals surface area (Å²) in [6.07, 6.45) is 0.402. The molecule has 0 bridgehead atoms. The maximum absolute atomic E-state index is 10.4. The van der Waals surface area contributed by atoms with Gasteiger partial charge in [0, 0.05) is 34.2 Å². The minimum Gasteiger partial charge on any atom is -0.388 e. The van der Waals surface area contributed by atoms with E-state index < -0.39 is 42.3 Å². The second-order valence-corrected chi connectivity index (χ2v) is 6.22. The summed E-state index contributed by atoms with van der Waals surface area (Å²) in [6.45, 7) is 1.79. The van der Waals surface area contributed by atoms with Crippen molar-refractivity contribution in [3.63, 3.8) is 0 Å². The van der Waals surface area contributed by atoms with Crippen LogP contribution in [0.5, 0.6) is 0 Å². The van der Waals surface area contributed by atoms with Gasteiger partial charge in [-0.25, -0.2) is 0 Å². The minimum atomic E-state index is -1.05. The lowest BCUT2D eigenvalue weighted by Crippen LogP contribution is -2.60. The van der Waals surface area contributed by atoms with Crippen LogP contribution in [-0.4, -0.2) is 68.7 Å². The molecule has 3 fully saturated rings. The highest BCUT2D eigenvalue weighted by Crippen LogP contribution is 2.51. The third-order valence-electron chi connectivity index (χ3n) is 5.15. The van der Waals surface area contributed by atoms with E-state index in [1.165, 1.54) is 0 Å². The summed E-state index contributed by atoms with van der Waals surface area (Å²) in [7, 11) is 4.74. The van der Waals surface area contributed by atoms with Crippen LogP contribution in [0.25, 0.3) is 0 Å². The molecule has 2 aliphatic heterocycles. The maximum atomic E-state index is 10.4. The van der Waals surface area contributed by atoms with Crippen LogP contribution in [0.15, 0.2) is 0 Å². The van der Waals surface area contributed by atoms with E-state index in [-0.39, 0.29) is 0 Å². The van der Waals surface area contributed by atoms with Crippen molar-refractivity contribution in [1.82, 2.24) is 0 Å². The zero-order valence-electron chi connectivity index (χ0n) is 13.6. The van der Waals surface area contributed by atoms with Crippen molar-refractivity contribution in [2.24, 2.45) is 0 Å². The maximum Gasteiger partial charge on any atom is 0.224 e. The van der Waals surface area contributed by atoms with E-state index in [9.17, 15) is 5.11 Å². The molecule has 7 heteroatoms. The largest absolute Gasteiger partial charge is 0.388 e. The first kappa shape index (κ1) is 16.6. The van der Waals surface area contributed by atoms with Gasteiger partial charge in [-0.15, -0.1) is 0 Å². The molecule has 2 heterocycles. The molecule has 1 unspecified atom stereocenters. The van der Waals surface area contributed by atoms with Gasteiger partial charge in [0.25, 0.3) is 0 Å². The van der Waals surface area contributed by atoms with Gasteiger partial charge in [0.15, 0.2) is 6.29 Å². The van der Waals surface area contributed by atoms with E-state index in [1.54, 1.807) is 28.3 Å². The van der Waals surface area contributed by atoms with Gasteiger partial charge in [-0.2, -0.15) is 0 Å². The molecule has 1 aliphatic carbocycles. The SMILES string of the molecule is CO[C@@H]1O[C@@H](C)[C@H](O)[C@H]2OC3(CCCCC3(OC)OC)O[C@@H]12. The Morgan fingerprint density at radius 2 is 1.64 bits per heavy atom. The van der Waals surface area contributed by atoms with Crippen molar-refractivity contribution in [2.45, 2.75) is 74.9 Å². The number of aliphatic hydroxyl groups is 1. The second-order valence-electron chi connectivity index (χ2n) is 6.22. The van der Waals surface area contributed by atoms with Gasteiger partial charge in [0.05, 0.1) is 6.10 Å². The first-order valence-corrected chi connectivity index (χ1v) is 7.85.